The molecule has 0 atom stereocenters. The van der Waals surface area contributed by atoms with E-state index in [1.807, 2.05) is 35.9 Å². The molecular formula is C20H17N5O3. The van der Waals surface area contributed by atoms with Crippen LogP contribution in [0.15, 0.2) is 65.8 Å². The molecule has 2 aromatic heterocycles. The van der Waals surface area contributed by atoms with Crippen LogP contribution in [0, 0.1) is 0 Å². The molecule has 140 valence electrons. The monoisotopic (exact) mass is 375 g/mol. The van der Waals surface area contributed by atoms with E-state index in [0.717, 1.165) is 10.9 Å². The number of nitrogens with zero attached hydrogens (tertiary/aromatic N) is 3. The van der Waals surface area contributed by atoms with Crippen molar-refractivity contribution < 1.29 is 9.59 Å². The third-order valence-corrected chi connectivity index (χ3v) is 4.50. The van der Waals surface area contributed by atoms with Gasteiger partial charge >= 0.3 is 0 Å². The number of hydrogen-bond donors (Lipinski definition) is 2. The average molecular weight is 375 g/mol. The zero-order chi connectivity index (χ0) is 19.7. The van der Waals surface area contributed by atoms with Crippen LogP contribution in [0.3, 0.4) is 0 Å². The third kappa shape index (κ3) is 3.11. The molecule has 0 saturated carbocycles. The van der Waals surface area contributed by atoms with Crippen LogP contribution in [0.1, 0.15) is 10.4 Å². The second-order valence-corrected chi connectivity index (χ2v) is 6.37. The molecule has 2 amide bonds. The molecule has 4 aromatic rings. The molecular weight excluding hydrogens is 358 g/mol. The fourth-order valence-corrected chi connectivity index (χ4v) is 3.13. The zero-order valence-corrected chi connectivity index (χ0v) is 15.0. The highest BCUT2D eigenvalue weighted by molar-refractivity contribution is 6.07. The van der Waals surface area contributed by atoms with Gasteiger partial charge in [-0.25, -0.2) is 4.98 Å². The molecule has 0 fully saturated rings. The van der Waals surface area contributed by atoms with Gasteiger partial charge in [0.25, 0.3) is 17.4 Å². The van der Waals surface area contributed by atoms with Gasteiger partial charge in [0, 0.05) is 24.1 Å². The highest BCUT2D eigenvalue weighted by atomic mass is 16.2. The molecule has 8 nitrogen and oxygen atoms in total. The number of nitrogens with one attached hydrogen (secondary N) is 2. The molecule has 0 aliphatic rings. The van der Waals surface area contributed by atoms with Gasteiger partial charge in [0.15, 0.2) is 0 Å². The Morgan fingerprint density at radius 1 is 1.00 bits per heavy atom. The first-order valence-electron chi connectivity index (χ1n) is 8.62. The summed E-state index contributed by atoms with van der Waals surface area (Å²) in [5.41, 5.74) is 6.34. The molecule has 0 saturated heterocycles. The molecule has 28 heavy (non-hydrogen) atoms. The lowest BCUT2D eigenvalue weighted by Gasteiger charge is -2.09. The lowest BCUT2D eigenvalue weighted by Crippen LogP contribution is -2.44. The Balaban J connectivity index is 1.47. The summed E-state index contributed by atoms with van der Waals surface area (Å²) in [7, 11) is 1.84. The first-order chi connectivity index (χ1) is 13.5. The third-order valence-electron chi connectivity index (χ3n) is 4.50. The molecule has 0 bridgehead atoms. The van der Waals surface area contributed by atoms with E-state index in [2.05, 4.69) is 15.8 Å². The number of aryl methyl sites for hydroxylation is 1. The molecule has 2 heterocycles. The maximum absolute atomic E-state index is 12.5. The van der Waals surface area contributed by atoms with Crippen molar-refractivity contribution >= 4 is 33.6 Å². The number of amides is 2. The number of aromatic nitrogens is 3. The number of para-hydroxylation sites is 2. The average Bonchev–Trinajstić information content (AvgIpc) is 3.05. The summed E-state index contributed by atoms with van der Waals surface area (Å²) in [6.07, 6.45) is 3.01. The van der Waals surface area contributed by atoms with Crippen molar-refractivity contribution in [3.8, 4) is 0 Å². The first kappa shape index (κ1) is 17.5. The largest absolute Gasteiger partial charge is 0.350 e. The highest BCUT2D eigenvalue weighted by Gasteiger charge is 2.14. The number of fused-ring (bicyclic) bond motifs is 2. The van der Waals surface area contributed by atoms with E-state index in [1.54, 1.807) is 30.5 Å². The summed E-state index contributed by atoms with van der Waals surface area (Å²) < 4.78 is 3.04. The molecule has 2 aromatic carbocycles. The maximum atomic E-state index is 12.5. The van der Waals surface area contributed by atoms with E-state index in [4.69, 9.17) is 0 Å². The number of carbonyl (C=O) groups is 2. The van der Waals surface area contributed by atoms with Crippen LogP contribution in [-0.2, 0) is 18.4 Å². The molecule has 8 heteroatoms. The first-order valence-corrected chi connectivity index (χ1v) is 8.62. The zero-order valence-electron chi connectivity index (χ0n) is 15.0. The number of hydrogen-bond acceptors (Lipinski definition) is 4. The van der Waals surface area contributed by atoms with Crippen molar-refractivity contribution in [2.75, 3.05) is 0 Å². The Bertz CT molecular complexity index is 1270. The van der Waals surface area contributed by atoms with E-state index in [-0.39, 0.29) is 12.1 Å². The standard InChI is InChI=1S/C20H17N5O3/c1-24-10-15(13-6-3-5-9-17(13)24)19(27)23-22-18(26)11-25-12-21-16-8-4-2-7-14(16)20(25)28/h2-10,12H,11H2,1H3,(H,22,26)(H,23,27). The van der Waals surface area contributed by atoms with Crippen molar-refractivity contribution in [3.63, 3.8) is 0 Å². The summed E-state index contributed by atoms with van der Waals surface area (Å²) in [5, 5.41) is 1.21. The van der Waals surface area contributed by atoms with Crippen LogP contribution in [-0.4, -0.2) is 25.9 Å². The number of benzene rings is 2. The molecule has 0 radical (unpaired) electrons. The molecule has 0 aliphatic heterocycles. The van der Waals surface area contributed by atoms with Crippen molar-refractivity contribution in [1.82, 2.24) is 25.0 Å². The summed E-state index contributed by atoms with van der Waals surface area (Å²) in [6.45, 7) is -0.257. The quantitative estimate of drug-likeness (QED) is 0.528. The minimum absolute atomic E-state index is 0.257. The van der Waals surface area contributed by atoms with Gasteiger partial charge in [-0.15, -0.1) is 0 Å². The van der Waals surface area contributed by atoms with Gasteiger partial charge in [0.1, 0.15) is 6.54 Å². The van der Waals surface area contributed by atoms with Crippen LogP contribution in [0.5, 0.6) is 0 Å². The summed E-state index contributed by atoms with van der Waals surface area (Å²) in [6, 6.07) is 14.4. The van der Waals surface area contributed by atoms with Gasteiger partial charge in [0.2, 0.25) is 0 Å². The van der Waals surface area contributed by atoms with Crippen molar-refractivity contribution in [1.29, 1.82) is 0 Å². The Kier molecular flexibility index (Phi) is 4.36. The van der Waals surface area contributed by atoms with Crippen LogP contribution < -0.4 is 16.4 Å². The van der Waals surface area contributed by atoms with Gasteiger partial charge in [-0.2, -0.15) is 0 Å². The van der Waals surface area contributed by atoms with Crippen LogP contribution in [0.4, 0.5) is 0 Å². The van der Waals surface area contributed by atoms with E-state index < -0.39 is 11.8 Å². The normalized spacial score (nSPS) is 10.9. The maximum Gasteiger partial charge on any atom is 0.271 e. The fraction of sp³-hybridized carbons (Fsp3) is 0.100. The number of rotatable bonds is 3. The molecule has 0 spiro atoms. The molecule has 0 unspecified atom stereocenters. The molecule has 2 N–H and O–H groups in total. The van der Waals surface area contributed by atoms with E-state index in [1.165, 1.54) is 10.9 Å². The SMILES string of the molecule is Cn1cc(C(=O)NNC(=O)Cn2cnc3ccccc3c2=O)c2ccccc21. The predicted molar refractivity (Wildman–Crippen MR) is 105 cm³/mol. The topological polar surface area (TPSA) is 98.0 Å². The smallest absolute Gasteiger partial charge is 0.271 e. The van der Waals surface area contributed by atoms with Gasteiger partial charge in [-0.3, -0.25) is 29.8 Å². The molecule has 0 aliphatic carbocycles. The van der Waals surface area contributed by atoms with Gasteiger partial charge in [0.05, 0.1) is 22.8 Å². The van der Waals surface area contributed by atoms with E-state index in [9.17, 15) is 14.4 Å². The van der Waals surface area contributed by atoms with E-state index in [0.29, 0.717) is 16.5 Å². The van der Waals surface area contributed by atoms with Gasteiger partial charge in [-0.05, 0) is 18.2 Å². The highest BCUT2D eigenvalue weighted by Crippen LogP contribution is 2.19. The Morgan fingerprint density at radius 2 is 1.71 bits per heavy atom. The fourth-order valence-electron chi connectivity index (χ4n) is 3.13. The number of hydrazine groups is 1. The van der Waals surface area contributed by atoms with Crippen LogP contribution in [0.2, 0.25) is 0 Å². The van der Waals surface area contributed by atoms with E-state index >= 15 is 0 Å². The second kappa shape index (κ2) is 6.99. The Labute approximate surface area is 159 Å². The second-order valence-electron chi connectivity index (χ2n) is 6.37. The Morgan fingerprint density at radius 3 is 2.54 bits per heavy atom. The van der Waals surface area contributed by atoms with Crippen molar-refractivity contribution in [3.05, 3.63) is 77.0 Å². The van der Waals surface area contributed by atoms with Gasteiger partial charge < -0.3 is 4.57 Å². The van der Waals surface area contributed by atoms with Crippen molar-refractivity contribution in [2.24, 2.45) is 7.05 Å². The lowest BCUT2D eigenvalue weighted by atomic mass is 10.2. The van der Waals surface area contributed by atoms with Crippen molar-refractivity contribution in [2.45, 2.75) is 6.54 Å². The van der Waals surface area contributed by atoms with Gasteiger partial charge in [-0.1, -0.05) is 30.3 Å². The number of carbonyl (C=O) groups excluding carboxylic acids is 2. The van der Waals surface area contributed by atoms with Crippen LogP contribution >= 0.6 is 0 Å². The molecule has 4 rings (SSSR count). The minimum Gasteiger partial charge on any atom is -0.350 e. The lowest BCUT2D eigenvalue weighted by molar-refractivity contribution is -0.122. The Hall–Kier alpha value is -3.94. The summed E-state index contributed by atoms with van der Waals surface area (Å²) >= 11 is 0. The summed E-state index contributed by atoms with van der Waals surface area (Å²) in [4.78, 5) is 41.2. The summed E-state index contributed by atoms with van der Waals surface area (Å²) in [5.74, 6) is -0.970. The minimum atomic E-state index is -0.534. The van der Waals surface area contributed by atoms with Crippen LogP contribution in [0.25, 0.3) is 21.8 Å². The predicted octanol–water partition coefficient (Wildman–Crippen LogP) is 1.35.